The van der Waals surface area contributed by atoms with Gasteiger partial charge in [0.25, 0.3) is 0 Å². The Hall–Kier alpha value is 0.150. The number of rotatable bonds is 6. The third-order valence-electron chi connectivity index (χ3n) is 0.951. The van der Waals surface area contributed by atoms with Gasteiger partial charge < -0.3 is 0 Å². The molecule has 0 spiro atoms. The molecule has 0 aromatic rings. The zero-order chi connectivity index (χ0) is 7.66. The van der Waals surface area contributed by atoms with Crippen LogP contribution in [-0.2, 0) is 3.63 Å². The predicted molar refractivity (Wildman–Crippen MR) is 46.3 cm³/mol. The van der Waals surface area contributed by atoms with Crippen LogP contribution in [0.5, 0.6) is 0 Å². The molecule has 58 valence electrons. The second-order valence-corrected chi connectivity index (χ2v) is 3.31. The van der Waals surface area contributed by atoms with E-state index in [1.54, 1.807) is 0 Å². The maximum absolute atomic E-state index is 8.04. The van der Waals surface area contributed by atoms with Crippen LogP contribution in [0.2, 0.25) is 0 Å². The highest BCUT2D eigenvalue weighted by molar-refractivity contribution is 8.10. The topological polar surface area (TPSA) is 33.0 Å². The molecule has 4 heteroatoms. The van der Waals surface area contributed by atoms with Gasteiger partial charge in [0.1, 0.15) is 12.0 Å². The van der Waals surface area contributed by atoms with Crippen LogP contribution in [0, 0.1) is 10.7 Å². The summed E-state index contributed by atoms with van der Waals surface area (Å²) < 4.78 is 4.80. The summed E-state index contributed by atoms with van der Waals surface area (Å²) in [4.78, 5) is 0. The Labute approximate surface area is 70.7 Å². The van der Waals surface area contributed by atoms with E-state index in [0.717, 1.165) is 17.8 Å². The lowest BCUT2D eigenvalue weighted by Crippen LogP contribution is -1.77. The average molecular weight is 177 g/mol. The zero-order valence-electron chi connectivity index (χ0n) is 6.00. The number of unbranched alkanes of at least 4 members (excludes halogenated alkanes) is 2. The van der Waals surface area contributed by atoms with Crippen LogP contribution in [0.15, 0.2) is 0 Å². The largest absolute Gasteiger partial charge is 0.232 e. The minimum absolute atomic E-state index is 0.835. The molecular formula is C6H11NOS2. The van der Waals surface area contributed by atoms with E-state index < -0.39 is 0 Å². The number of nitriles is 1. The molecule has 0 heterocycles. The average Bonchev–Trinajstić information content (AvgIpc) is 1.97. The van der Waals surface area contributed by atoms with E-state index in [0.29, 0.717) is 0 Å². The molecule has 0 aliphatic rings. The molecule has 0 N–H and O–H groups in total. The van der Waals surface area contributed by atoms with Crippen LogP contribution in [0.1, 0.15) is 26.2 Å². The number of thiocyanates is 1. The Morgan fingerprint density at radius 2 is 2.30 bits per heavy atom. The third kappa shape index (κ3) is 8.15. The van der Waals surface area contributed by atoms with E-state index >= 15 is 0 Å². The highest BCUT2D eigenvalue weighted by Gasteiger charge is 1.89. The van der Waals surface area contributed by atoms with E-state index in [-0.39, 0.29) is 0 Å². The van der Waals surface area contributed by atoms with Gasteiger partial charge >= 0.3 is 0 Å². The molecule has 0 aromatic carbocycles. The molecule has 0 radical (unpaired) electrons. The van der Waals surface area contributed by atoms with Crippen molar-refractivity contribution in [3.63, 3.8) is 0 Å². The molecule has 10 heavy (non-hydrogen) atoms. The summed E-state index contributed by atoms with van der Waals surface area (Å²) >= 11 is 2.19. The molecule has 0 amide bonds. The molecular weight excluding hydrogens is 166 g/mol. The van der Waals surface area contributed by atoms with Crippen molar-refractivity contribution in [2.45, 2.75) is 26.2 Å². The second-order valence-electron chi connectivity index (χ2n) is 1.77. The van der Waals surface area contributed by atoms with Crippen LogP contribution < -0.4 is 0 Å². The quantitative estimate of drug-likeness (QED) is 0.355. The minimum atomic E-state index is 0.835. The van der Waals surface area contributed by atoms with Gasteiger partial charge in [-0.1, -0.05) is 19.8 Å². The molecule has 0 saturated carbocycles. The number of hydrogen-bond acceptors (Lipinski definition) is 4. The summed E-state index contributed by atoms with van der Waals surface area (Å²) in [6.45, 7) is 2.16. The fourth-order valence-electron chi connectivity index (χ4n) is 0.484. The molecule has 0 fully saturated rings. The smallest absolute Gasteiger partial charge is 0.164 e. The van der Waals surface area contributed by atoms with Gasteiger partial charge in [-0.05, 0) is 6.42 Å². The zero-order valence-corrected chi connectivity index (χ0v) is 7.63. The summed E-state index contributed by atoms with van der Waals surface area (Å²) in [5.74, 6) is 0.989. The maximum Gasteiger partial charge on any atom is 0.164 e. The van der Waals surface area contributed by atoms with Crippen molar-refractivity contribution in [2.24, 2.45) is 0 Å². The summed E-state index contributed by atoms with van der Waals surface area (Å²) in [5.41, 5.74) is 0. The lowest BCUT2D eigenvalue weighted by atomic mass is 10.3. The van der Waals surface area contributed by atoms with Crippen LogP contribution in [0.4, 0.5) is 0 Å². The van der Waals surface area contributed by atoms with Crippen molar-refractivity contribution < 1.29 is 3.63 Å². The van der Waals surface area contributed by atoms with Gasteiger partial charge in [0.15, 0.2) is 5.40 Å². The van der Waals surface area contributed by atoms with Gasteiger partial charge in [0.2, 0.25) is 0 Å². The molecule has 0 aliphatic carbocycles. The van der Waals surface area contributed by atoms with Crippen molar-refractivity contribution >= 4 is 24.1 Å². The molecule has 0 bridgehead atoms. The monoisotopic (exact) mass is 177 g/mol. The van der Waals surface area contributed by atoms with E-state index in [1.165, 1.54) is 31.3 Å². The van der Waals surface area contributed by atoms with Crippen molar-refractivity contribution in [1.82, 2.24) is 0 Å². The van der Waals surface area contributed by atoms with E-state index in [1.807, 2.05) is 5.40 Å². The van der Waals surface area contributed by atoms with Crippen LogP contribution in [0.3, 0.4) is 0 Å². The molecule has 0 unspecified atom stereocenters. The van der Waals surface area contributed by atoms with Gasteiger partial charge in [0.05, 0.1) is 0 Å². The fraction of sp³-hybridized carbons (Fsp3) is 0.833. The van der Waals surface area contributed by atoms with Gasteiger partial charge in [-0.2, -0.15) is 5.26 Å². The summed E-state index contributed by atoms with van der Waals surface area (Å²) in [6.07, 6.45) is 3.65. The summed E-state index contributed by atoms with van der Waals surface area (Å²) in [7, 11) is 0. The van der Waals surface area contributed by atoms with Crippen molar-refractivity contribution in [2.75, 3.05) is 5.75 Å². The number of hydrogen-bond donors (Lipinski definition) is 0. The fourth-order valence-corrected chi connectivity index (χ4v) is 1.39. The van der Waals surface area contributed by atoms with Crippen molar-refractivity contribution in [3.8, 4) is 5.40 Å². The standard InChI is InChI=1S/C6H11NOS2/c1-2-3-4-5-9-8-10-6-7/h2-5H2,1H3. The Bertz CT molecular complexity index is 102. The second kappa shape index (κ2) is 9.15. The van der Waals surface area contributed by atoms with E-state index in [9.17, 15) is 0 Å². The highest BCUT2D eigenvalue weighted by Crippen LogP contribution is 2.14. The molecule has 0 rings (SSSR count). The molecule has 0 aliphatic heterocycles. The lowest BCUT2D eigenvalue weighted by Gasteiger charge is -1.94. The van der Waals surface area contributed by atoms with Gasteiger partial charge in [0, 0.05) is 17.8 Å². The third-order valence-corrected chi connectivity index (χ3v) is 2.14. The lowest BCUT2D eigenvalue weighted by molar-refractivity contribution is 0.737. The molecule has 0 atom stereocenters. The predicted octanol–water partition coefficient (Wildman–Crippen LogP) is 2.97. The first kappa shape index (κ1) is 10.2. The molecule has 0 saturated heterocycles. The first-order valence-electron chi connectivity index (χ1n) is 3.26. The molecule has 2 nitrogen and oxygen atoms in total. The van der Waals surface area contributed by atoms with E-state index in [2.05, 4.69) is 6.92 Å². The molecule has 0 aromatic heterocycles. The van der Waals surface area contributed by atoms with Gasteiger partial charge in [-0.3, -0.25) is 0 Å². The Kier molecular flexibility index (Phi) is 9.29. The first-order chi connectivity index (χ1) is 4.91. The Balaban J connectivity index is 2.72. The Morgan fingerprint density at radius 3 is 2.90 bits per heavy atom. The minimum Gasteiger partial charge on any atom is -0.232 e. The van der Waals surface area contributed by atoms with Crippen LogP contribution >= 0.6 is 24.1 Å². The van der Waals surface area contributed by atoms with Gasteiger partial charge in [-0.15, -0.1) is 0 Å². The summed E-state index contributed by atoms with van der Waals surface area (Å²) in [6, 6.07) is 0. The summed E-state index contributed by atoms with van der Waals surface area (Å²) in [5, 5.41) is 9.88. The van der Waals surface area contributed by atoms with Gasteiger partial charge in [-0.25, -0.2) is 3.63 Å². The number of nitrogens with zero attached hydrogens (tertiary/aromatic N) is 1. The van der Waals surface area contributed by atoms with Crippen LogP contribution in [-0.4, -0.2) is 5.75 Å². The highest BCUT2D eigenvalue weighted by atomic mass is 32.2. The maximum atomic E-state index is 8.04. The normalized spacial score (nSPS) is 9.20. The SMILES string of the molecule is CCCCCSOSC#N. The van der Waals surface area contributed by atoms with Crippen molar-refractivity contribution in [3.05, 3.63) is 0 Å². The van der Waals surface area contributed by atoms with Crippen molar-refractivity contribution in [1.29, 1.82) is 5.26 Å². The Morgan fingerprint density at radius 1 is 1.50 bits per heavy atom. The van der Waals surface area contributed by atoms with Crippen LogP contribution in [0.25, 0.3) is 0 Å². The van der Waals surface area contributed by atoms with E-state index in [4.69, 9.17) is 8.89 Å². The first-order valence-corrected chi connectivity index (χ1v) is 4.91.